The number of amides is 1. The van der Waals surface area contributed by atoms with Gasteiger partial charge in [-0.25, -0.2) is 8.42 Å². The van der Waals surface area contributed by atoms with Gasteiger partial charge < -0.3 is 9.32 Å². The topological polar surface area (TPSA) is 70.8 Å². The number of nitrogens with zero attached hydrogens (tertiary/aromatic N) is 2. The number of rotatable bonds is 6. The minimum atomic E-state index is -3.39. The lowest BCUT2D eigenvalue weighted by atomic mass is 9.90. The van der Waals surface area contributed by atoms with Crippen LogP contribution in [0.5, 0.6) is 0 Å². The fourth-order valence-electron chi connectivity index (χ4n) is 4.49. The van der Waals surface area contributed by atoms with Crippen LogP contribution in [0.3, 0.4) is 0 Å². The van der Waals surface area contributed by atoms with Crippen LogP contribution in [0.25, 0.3) is 0 Å². The molecule has 2 saturated heterocycles. The molecule has 6 nitrogen and oxygen atoms in total. The van der Waals surface area contributed by atoms with E-state index in [0.717, 1.165) is 43.6 Å². The second-order valence-corrected chi connectivity index (χ2v) is 10.4. The molecule has 4 rings (SSSR count). The van der Waals surface area contributed by atoms with Crippen molar-refractivity contribution in [2.75, 3.05) is 19.6 Å². The molecule has 0 N–H and O–H groups in total. The third-order valence-electron chi connectivity index (χ3n) is 6.31. The molecule has 2 fully saturated rings. The van der Waals surface area contributed by atoms with Crippen molar-refractivity contribution in [3.05, 3.63) is 54.0 Å². The van der Waals surface area contributed by atoms with Crippen LogP contribution in [0.2, 0.25) is 0 Å². The van der Waals surface area contributed by atoms with Crippen molar-refractivity contribution < 1.29 is 17.6 Å². The van der Waals surface area contributed by atoms with Crippen molar-refractivity contribution in [3.63, 3.8) is 0 Å². The Kier molecular flexibility index (Phi) is 6.29. The molecule has 7 heteroatoms. The maximum atomic E-state index is 13.0. The third kappa shape index (κ3) is 4.47. The molecule has 162 valence electrons. The van der Waals surface area contributed by atoms with Gasteiger partial charge in [-0.1, -0.05) is 19.1 Å². The molecule has 2 aliphatic heterocycles. The van der Waals surface area contributed by atoms with E-state index in [4.69, 9.17) is 4.42 Å². The molecule has 2 atom stereocenters. The van der Waals surface area contributed by atoms with Crippen LogP contribution in [0.4, 0.5) is 0 Å². The molecule has 1 aromatic carbocycles. The van der Waals surface area contributed by atoms with Gasteiger partial charge >= 0.3 is 0 Å². The Bertz CT molecular complexity index is 948. The standard InChI is InChI=1S/C23H30N2O4S/c1-18-12-15-25(21(17-18)22-5-4-16-29-22)23(26)11-8-19-6-9-20(10-7-19)30(27,28)24-13-2-3-14-24/h4-7,9-10,16,18,21H,2-3,8,11-15,17H2,1H3/t18-,21+/m0/s1. The number of hydrogen-bond donors (Lipinski definition) is 0. The summed E-state index contributed by atoms with van der Waals surface area (Å²) in [7, 11) is -3.39. The highest BCUT2D eigenvalue weighted by atomic mass is 32.2. The smallest absolute Gasteiger partial charge is 0.243 e. The lowest BCUT2D eigenvalue weighted by Crippen LogP contribution is -2.40. The predicted octanol–water partition coefficient (Wildman–Crippen LogP) is 4.00. The normalized spacial score (nSPS) is 23.0. The molecule has 0 spiro atoms. The Balaban J connectivity index is 1.38. The molecule has 1 amide bonds. The van der Waals surface area contributed by atoms with Crippen LogP contribution >= 0.6 is 0 Å². The highest BCUT2D eigenvalue weighted by Crippen LogP contribution is 2.34. The molecule has 2 aliphatic rings. The van der Waals surface area contributed by atoms with Crippen molar-refractivity contribution in [1.82, 2.24) is 9.21 Å². The van der Waals surface area contributed by atoms with Gasteiger partial charge in [0.05, 0.1) is 17.2 Å². The average Bonchev–Trinajstić information content (AvgIpc) is 3.47. The van der Waals surface area contributed by atoms with Crippen molar-refractivity contribution in [2.24, 2.45) is 5.92 Å². The Morgan fingerprint density at radius 1 is 1.10 bits per heavy atom. The second kappa shape index (κ2) is 8.94. The number of carbonyl (C=O) groups is 1. The highest BCUT2D eigenvalue weighted by Gasteiger charge is 2.32. The molecular formula is C23H30N2O4S. The van der Waals surface area contributed by atoms with E-state index in [2.05, 4.69) is 6.92 Å². The van der Waals surface area contributed by atoms with Crippen LogP contribution in [-0.4, -0.2) is 43.2 Å². The van der Waals surface area contributed by atoms with Gasteiger partial charge in [-0.2, -0.15) is 4.31 Å². The number of carbonyl (C=O) groups excluding carboxylic acids is 1. The van der Waals surface area contributed by atoms with Crippen molar-refractivity contribution in [1.29, 1.82) is 0 Å². The number of benzene rings is 1. The van der Waals surface area contributed by atoms with Gasteiger partial charge in [0.2, 0.25) is 15.9 Å². The van der Waals surface area contributed by atoms with Gasteiger partial charge in [-0.15, -0.1) is 0 Å². The predicted molar refractivity (Wildman–Crippen MR) is 114 cm³/mol. The average molecular weight is 431 g/mol. The Labute approximate surface area is 178 Å². The summed E-state index contributed by atoms with van der Waals surface area (Å²) in [5, 5.41) is 0. The summed E-state index contributed by atoms with van der Waals surface area (Å²) < 4.78 is 32.4. The number of hydrogen-bond acceptors (Lipinski definition) is 4. The SMILES string of the molecule is C[C@H]1CCN(C(=O)CCc2ccc(S(=O)(=O)N3CCCC3)cc2)[C@@H](c2ccco2)C1. The van der Waals surface area contributed by atoms with E-state index in [-0.39, 0.29) is 11.9 Å². The quantitative estimate of drug-likeness (QED) is 0.695. The molecule has 0 saturated carbocycles. The van der Waals surface area contributed by atoms with E-state index in [1.807, 2.05) is 29.2 Å². The van der Waals surface area contributed by atoms with Gasteiger partial charge in [0, 0.05) is 26.1 Å². The Hall–Kier alpha value is -2.12. The fraction of sp³-hybridized carbons (Fsp3) is 0.522. The van der Waals surface area contributed by atoms with Gasteiger partial charge in [0.15, 0.2) is 0 Å². The van der Waals surface area contributed by atoms with E-state index in [1.54, 1.807) is 22.7 Å². The summed E-state index contributed by atoms with van der Waals surface area (Å²) in [6.07, 6.45) is 6.44. The number of sulfonamides is 1. The largest absolute Gasteiger partial charge is 0.467 e. The summed E-state index contributed by atoms with van der Waals surface area (Å²) in [5.41, 5.74) is 0.976. The van der Waals surface area contributed by atoms with Crippen molar-refractivity contribution >= 4 is 15.9 Å². The second-order valence-electron chi connectivity index (χ2n) is 8.50. The van der Waals surface area contributed by atoms with E-state index < -0.39 is 10.0 Å². The maximum Gasteiger partial charge on any atom is 0.243 e. The third-order valence-corrected chi connectivity index (χ3v) is 8.22. The number of furan rings is 1. The van der Waals surface area contributed by atoms with Crippen LogP contribution in [0.15, 0.2) is 52.0 Å². The zero-order chi connectivity index (χ0) is 21.1. The van der Waals surface area contributed by atoms with E-state index >= 15 is 0 Å². The van der Waals surface area contributed by atoms with Crippen LogP contribution < -0.4 is 0 Å². The molecule has 0 radical (unpaired) electrons. The number of likely N-dealkylation sites (tertiary alicyclic amines) is 1. The van der Waals surface area contributed by atoms with Crippen LogP contribution in [-0.2, 0) is 21.2 Å². The molecule has 0 aliphatic carbocycles. The molecule has 0 unspecified atom stereocenters. The molecular weight excluding hydrogens is 400 g/mol. The monoisotopic (exact) mass is 430 g/mol. The van der Waals surface area contributed by atoms with Crippen molar-refractivity contribution in [3.8, 4) is 0 Å². The maximum absolute atomic E-state index is 13.0. The van der Waals surface area contributed by atoms with Gasteiger partial charge in [-0.3, -0.25) is 4.79 Å². The van der Waals surface area contributed by atoms with Gasteiger partial charge in [0.1, 0.15) is 5.76 Å². The summed E-state index contributed by atoms with van der Waals surface area (Å²) in [6, 6.07) is 10.8. The fourth-order valence-corrected chi connectivity index (χ4v) is 6.01. The molecule has 1 aromatic heterocycles. The Morgan fingerprint density at radius 3 is 2.50 bits per heavy atom. The Morgan fingerprint density at radius 2 is 1.83 bits per heavy atom. The molecule has 0 bridgehead atoms. The number of aryl methyl sites for hydroxylation is 1. The van der Waals surface area contributed by atoms with Crippen LogP contribution in [0, 0.1) is 5.92 Å². The summed E-state index contributed by atoms with van der Waals surface area (Å²) in [6.45, 7) is 4.17. The lowest BCUT2D eigenvalue weighted by Gasteiger charge is -2.37. The first-order valence-electron chi connectivity index (χ1n) is 10.9. The first-order valence-corrected chi connectivity index (χ1v) is 12.3. The molecule has 30 heavy (non-hydrogen) atoms. The van der Waals surface area contributed by atoms with Gasteiger partial charge in [0.25, 0.3) is 0 Å². The zero-order valence-electron chi connectivity index (χ0n) is 17.5. The highest BCUT2D eigenvalue weighted by molar-refractivity contribution is 7.89. The van der Waals surface area contributed by atoms with Crippen LogP contribution in [0.1, 0.15) is 56.4 Å². The zero-order valence-corrected chi connectivity index (χ0v) is 18.3. The lowest BCUT2D eigenvalue weighted by molar-refractivity contribution is -0.136. The first kappa shape index (κ1) is 21.1. The van der Waals surface area contributed by atoms with E-state index in [1.165, 1.54) is 0 Å². The molecule has 2 aromatic rings. The number of piperidine rings is 1. The summed E-state index contributed by atoms with van der Waals surface area (Å²) in [5.74, 6) is 1.54. The van der Waals surface area contributed by atoms with E-state index in [9.17, 15) is 13.2 Å². The molecule has 3 heterocycles. The van der Waals surface area contributed by atoms with E-state index in [0.29, 0.717) is 36.7 Å². The van der Waals surface area contributed by atoms with Gasteiger partial charge in [-0.05, 0) is 67.9 Å². The summed E-state index contributed by atoms with van der Waals surface area (Å²) in [4.78, 5) is 15.3. The minimum absolute atomic E-state index is 0.00392. The van der Waals surface area contributed by atoms with Crippen molar-refractivity contribution in [2.45, 2.75) is 56.4 Å². The first-order chi connectivity index (χ1) is 14.4. The summed E-state index contributed by atoms with van der Waals surface area (Å²) >= 11 is 0. The minimum Gasteiger partial charge on any atom is -0.467 e.